The molecule has 0 bridgehead atoms. The summed E-state index contributed by atoms with van der Waals surface area (Å²) in [5.41, 5.74) is 8.95. The van der Waals surface area contributed by atoms with E-state index >= 15 is 0 Å². The van der Waals surface area contributed by atoms with Crippen molar-refractivity contribution >= 4 is 0 Å². The topological polar surface area (TPSA) is 59.0 Å². The lowest BCUT2D eigenvalue weighted by Crippen LogP contribution is -2.15. The second-order valence-electron chi connectivity index (χ2n) is 4.95. The van der Waals surface area contributed by atoms with Gasteiger partial charge in [0.1, 0.15) is 5.75 Å². The van der Waals surface area contributed by atoms with Gasteiger partial charge < -0.3 is 10.5 Å². The summed E-state index contributed by atoms with van der Waals surface area (Å²) in [4.78, 5) is 0. The first-order valence-corrected chi connectivity index (χ1v) is 7.18. The number of hydrogen-bond donors (Lipinski definition) is 1. The number of ether oxygens (including phenoxy) is 1. The first-order valence-electron chi connectivity index (χ1n) is 7.18. The highest BCUT2D eigenvalue weighted by atomic mass is 16.5. The molecule has 2 N–H and O–H groups in total. The maximum absolute atomic E-state index is 8.96. The predicted octanol–water partition coefficient (Wildman–Crippen LogP) is 3.24. The lowest BCUT2D eigenvalue weighted by Gasteiger charge is -2.16. The quantitative estimate of drug-likeness (QED) is 0.883. The number of rotatable bonds is 6. The van der Waals surface area contributed by atoms with E-state index in [1.807, 2.05) is 43.3 Å². The van der Waals surface area contributed by atoms with Crippen molar-refractivity contribution in [2.75, 3.05) is 13.2 Å². The van der Waals surface area contributed by atoms with Crippen molar-refractivity contribution in [3.63, 3.8) is 0 Å². The molecular formula is C18H20N2O. The maximum atomic E-state index is 8.96. The summed E-state index contributed by atoms with van der Waals surface area (Å²) >= 11 is 0. The molecule has 2 aromatic rings. The van der Waals surface area contributed by atoms with Crippen LogP contribution < -0.4 is 10.5 Å². The average molecular weight is 280 g/mol. The standard InChI is InChI=1S/C18H20N2O/c1-2-21-18-8-6-16(7-9-18)17(13-20)11-14-4-3-5-15(10-14)12-19/h3-10,17H,2,11,13,20H2,1H3. The highest BCUT2D eigenvalue weighted by Gasteiger charge is 2.11. The van der Waals surface area contributed by atoms with E-state index in [4.69, 9.17) is 15.7 Å². The Morgan fingerprint density at radius 1 is 1.19 bits per heavy atom. The molecule has 0 aromatic heterocycles. The van der Waals surface area contributed by atoms with E-state index in [0.29, 0.717) is 18.7 Å². The van der Waals surface area contributed by atoms with Gasteiger partial charge in [-0.1, -0.05) is 24.3 Å². The molecule has 2 rings (SSSR count). The zero-order chi connectivity index (χ0) is 15.1. The molecule has 3 heteroatoms. The van der Waals surface area contributed by atoms with E-state index in [1.54, 1.807) is 0 Å². The number of nitriles is 1. The number of hydrogen-bond acceptors (Lipinski definition) is 3. The van der Waals surface area contributed by atoms with Crippen LogP contribution in [-0.4, -0.2) is 13.2 Å². The van der Waals surface area contributed by atoms with E-state index in [0.717, 1.165) is 17.7 Å². The minimum atomic E-state index is 0.245. The molecule has 2 aromatic carbocycles. The third-order valence-corrected chi connectivity index (χ3v) is 3.49. The van der Waals surface area contributed by atoms with E-state index in [-0.39, 0.29) is 5.92 Å². The van der Waals surface area contributed by atoms with Crippen molar-refractivity contribution in [3.8, 4) is 11.8 Å². The fourth-order valence-corrected chi connectivity index (χ4v) is 2.39. The van der Waals surface area contributed by atoms with E-state index in [2.05, 4.69) is 18.2 Å². The Morgan fingerprint density at radius 2 is 1.95 bits per heavy atom. The second-order valence-corrected chi connectivity index (χ2v) is 4.95. The van der Waals surface area contributed by atoms with Gasteiger partial charge >= 0.3 is 0 Å². The summed E-state index contributed by atoms with van der Waals surface area (Å²) < 4.78 is 5.46. The normalized spacial score (nSPS) is 11.7. The SMILES string of the molecule is CCOc1ccc(C(CN)Cc2cccc(C#N)c2)cc1. The van der Waals surface area contributed by atoms with E-state index in [9.17, 15) is 0 Å². The Balaban J connectivity index is 2.13. The average Bonchev–Trinajstić information content (AvgIpc) is 2.54. The van der Waals surface area contributed by atoms with Crippen molar-refractivity contribution in [2.24, 2.45) is 5.73 Å². The zero-order valence-corrected chi connectivity index (χ0v) is 12.3. The highest BCUT2D eigenvalue weighted by Crippen LogP contribution is 2.23. The van der Waals surface area contributed by atoms with Crippen LogP contribution in [0.5, 0.6) is 5.75 Å². The van der Waals surface area contributed by atoms with Gasteiger partial charge in [0.2, 0.25) is 0 Å². The number of nitrogens with zero attached hydrogens (tertiary/aromatic N) is 1. The van der Waals surface area contributed by atoms with Gasteiger partial charge in [-0.15, -0.1) is 0 Å². The smallest absolute Gasteiger partial charge is 0.119 e. The van der Waals surface area contributed by atoms with Crippen LogP contribution in [0.2, 0.25) is 0 Å². The van der Waals surface area contributed by atoms with Crippen LogP contribution in [0.1, 0.15) is 29.5 Å². The third-order valence-electron chi connectivity index (χ3n) is 3.49. The molecule has 0 aliphatic rings. The molecule has 0 saturated carbocycles. The van der Waals surface area contributed by atoms with Crippen molar-refractivity contribution < 1.29 is 4.74 Å². The number of benzene rings is 2. The molecule has 0 heterocycles. The van der Waals surface area contributed by atoms with Gasteiger partial charge in [0.15, 0.2) is 0 Å². The maximum Gasteiger partial charge on any atom is 0.119 e. The van der Waals surface area contributed by atoms with E-state index < -0.39 is 0 Å². The molecule has 0 fully saturated rings. The fraction of sp³-hybridized carbons (Fsp3) is 0.278. The summed E-state index contributed by atoms with van der Waals surface area (Å²) in [7, 11) is 0. The van der Waals surface area contributed by atoms with Crippen LogP contribution >= 0.6 is 0 Å². The Kier molecular flexibility index (Phi) is 5.36. The lowest BCUT2D eigenvalue weighted by atomic mass is 9.91. The summed E-state index contributed by atoms with van der Waals surface area (Å²) in [6, 6.07) is 18.0. The van der Waals surface area contributed by atoms with Crippen molar-refractivity contribution in [1.82, 2.24) is 0 Å². The fourth-order valence-electron chi connectivity index (χ4n) is 2.39. The molecule has 1 unspecified atom stereocenters. The molecule has 3 nitrogen and oxygen atoms in total. The summed E-state index contributed by atoms with van der Waals surface area (Å²) in [5, 5.41) is 8.96. The number of nitrogens with two attached hydrogens (primary N) is 1. The monoisotopic (exact) mass is 280 g/mol. The van der Waals surface area contributed by atoms with Crippen LogP contribution in [0.4, 0.5) is 0 Å². The minimum absolute atomic E-state index is 0.245. The van der Waals surface area contributed by atoms with E-state index in [1.165, 1.54) is 5.56 Å². The Morgan fingerprint density at radius 3 is 2.57 bits per heavy atom. The van der Waals surface area contributed by atoms with Crippen molar-refractivity contribution in [2.45, 2.75) is 19.3 Å². The highest BCUT2D eigenvalue weighted by molar-refractivity contribution is 5.35. The Labute approximate surface area is 126 Å². The molecule has 0 spiro atoms. The van der Waals surface area contributed by atoms with Gasteiger partial charge in [-0.25, -0.2) is 0 Å². The third kappa shape index (κ3) is 4.08. The minimum Gasteiger partial charge on any atom is -0.494 e. The van der Waals surface area contributed by atoms with Gasteiger partial charge in [-0.3, -0.25) is 0 Å². The Hall–Kier alpha value is -2.31. The molecule has 0 aliphatic heterocycles. The predicted molar refractivity (Wildman–Crippen MR) is 84.3 cm³/mol. The van der Waals surface area contributed by atoms with Crippen LogP contribution in [0, 0.1) is 11.3 Å². The van der Waals surface area contributed by atoms with Gasteiger partial charge in [-0.2, -0.15) is 5.26 Å². The molecule has 1 atom stereocenters. The van der Waals surface area contributed by atoms with Crippen molar-refractivity contribution in [3.05, 3.63) is 65.2 Å². The van der Waals surface area contributed by atoms with Gasteiger partial charge in [0, 0.05) is 5.92 Å². The van der Waals surface area contributed by atoms with Crippen LogP contribution in [-0.2, 0) is 6.42 Å². The van der Waals surface area contributed by atoms with Crippen molar-refractivity contribution in [1.29, 1.82) is 5.26 Å². The summed E-state index contributed by atoms with van der Waals surface area (Å²) in [5.74, 6) is 1.12. The molecule has 0 saturated heterocycles. The Bertz CT molecular complexity index is 614. The van der Waals surface area contributed by atoms with Crippen LogP contribution in [0.15, 0.2) is 48.5 Å². The molecule has 108 valence electrons. The first kappa shape index (κ1) is 15.1. The second kappa shape index (κ2) is 7.47. The summed E-state index contributed by atoms with van der Waals surface area (Å²) in [6.45, 7) is 3.21. The van der Waals surface area contributed by atoms with Gasteiger partial charge in [0.25, 0.3) is 0 Å². The van der Waals surface area contributed by atoms with Crippen LogP contribution in [0.25, 0.3) is 0 Å². The molecule has 0 radical (unpaired) electrons. The van der Waals surface area contributed by atoms with Gasteiger partial charge in [-0.05, 0) is 55.3 Å². The molecule has 21 heavy (non-hydrogen) atoms. The largest absolute Gasteiger partial charge is 0.494 e. The zero-order valence-electron chi connectivity index (χ0n) is 12.3. The molecular weight excluding hydrogens is 260 g/mol. The summed E-state index contributed by atoms with van der Waals surface area (Å²) in [6.07, 6.45) is 0.833. The molecule has 0 amide bonds. The van der Waals surface area contributed by atoms with Gasteiger partial charge in [0.05, 0.1) is 18.2 Å². The first-order chi connectivity index (χ1) is 10.3. The van der Waals surface area contributed by atoms with Crippen LogP contribution in [0.3, 0.4) is 0 Å². The molecule has 0 aliphatic carbocycles. The lowest BCUT2D eigenvalue weighted by molar-refractivity contribution is 0.340.